The number of carbonyl (C=O) groups is 1. The normalized spacial score (nSPS) is 16.7. The van der Waals surface area contributed by atoms with Crippen molar-refractivity contribution in [2.75, 3.05) is 6.26 Å². The summed E-state index contributed by atoms with van der Waals surface area (Å²) >= 11 is 0. The van der Waals surface area contributed by atoms with Gasteiger partial charge < -0.3 is 5.32 Å². The van der Waals surface area contributed by atoms with E-state index in [1.807, 2.05) is 25.1 Å². The van der Waals surface area contributed by atoms with Gasteiger partial charge in [-0.2, -0.15) is 0 Å². The number of hydrogen-bond donors (Lipinski definition) is 1. The molecule has 1 fully saturated rings. The van der Waals surface area contributed by atoms with Gasteiger partial charge in [-0.1, -0.05) is 55.7 Å². The molecule has 0 heterocycles. The first-order valence-corrected chi connectivity index (χ1v) is 11.4. The zero-order valence-corrected chi connectivity index (χ0v) is 16.8. The number of aryl methyl sites for hydroxylation is 1. The molecule has 0 aromatic heterocycles. The van der Waals surface area contributed by atoms with Crippen LogP contribution in [0.25, 0.3) is 0 Å². The van der Waals surface area contributed by atoms with E-state index in [0.29, 0.717) is 11.5 Å². The highest BCUT2D eigenvalue weighted by Crippen LogP contribution is 2.34. The summed E-state index contributed by atoms with van der Waals surface area (Å²) in [6.45, 7) is 1.83. The molecule has 0 spiro atoms. The van der Waals surface area contributed by atoms with E-state index >= 15 is 0 Å². The molecule has 0 aliphatic heterocycles. The first kappa shape index (κ1) is 19.6. The lowest BCUT2D eigenvalue weighted by Gasteiger charge is -2.31. The van der Waals surface area contributed by atoms with Gasteiger partial charge in [0.15, 0.2) is 9.84 Å². The summed E-state index contributed by atoms with van der Waals surface area (Å²) in [5.74, 6) is 0.195. The van der Waals surface area contributed by atoms with Crippen molar-refractivity contribution in [3.05, 3.63) is 65.2 Å². The molecule has 0 bridgehead atoms. The van der Waals surface area contributed by atoms with Crippen molar-refractivity contribution in [2.24, 2.45) is 5.92 Å². The van der Waals surface area contributed by atoms with Gasteiger partial charge in [-0.05, 0) is 48.9 Å². The molecule has 0 radical (unpaired) electrons. The molecule has 1 amide bonds. The highest BCUT2D eigenvalue weighted by atomic mass is 32.2. The van der Waals surface area contributed by atoms with Gasteiger partial charge in [0.1, 0.15) is 0 Å². The Morgan fingerprint density at radius 3 is 2.33 bits per heavy atom. The number of carbonyl (C=O) groups excluding carboxylic acids is 1. The van der Waals surface area contributed by atoms with Crippen molar-refractivity contribution in [2.45, 2.75) is 50.0 Å². The molecule has 1 aliphatic carbocycles. The van der Waals surface area contributed by atoms with Crippen LogP contribution in [-0.2, 0) is 9.84 Å². The molecule has 27 heavy (non-hydrogen) atoms. The van der Waals surface area contributed by atoms with Crippen LogP contribution in [-0.4, -0.2) is 20.6 Å². The second-order valence-electron chi connectivity index (χ2n) is 7.51. The predicted molar refractivity (Wildman–Crippen MR) is 108 cm³/mol. The number of nitrogens with one attached hydrogen (secondary N) is 1. The van der Waals surface area contributed by atoms with Gasteiger partial charge in [-0.15, -0.1) is 0 Å². The fraction of sp³-hybridized carbons (Fsp3) is 0.409. The standard InChI is InChI=1S/C22H27NO3S/c1-16-13-14-19(27(2,25)26)15-20(16)22(24)23-21(17-9-5-3-6-10-17)18-11-7-4-8-12-18/h3,5-6,9-10,13-15,18,21H,4,7-8,11-12H2,1-2H3,(H,23,24). The van der Waals surface area contributed by atoms with Crippen LogP contribution in [0.1, 0.15) is 59.6 Å². The second kappa shape index (κ2) is 8.26. The Labute approximate surface area is 161 Å². The van der Waals surface area contributed by atoms with Crippen molar-refractivity contribution in [3.63, 3.8) is 0 Å². The van der Waals surface area contributed by atoms with Crippen LogP contribution in [0.2, 0.25) is 0 Å². The average molecular weight is 386 g/mol. The first-order chi connectivity index (χ1) is 12.9. The van der Waals surface area contributed by atoms with E-state index in [2.05, 4.69) is 17.4 Å². The highest BCUT2D eigenvalue weighted by Gasteiger charge is 2.27. The quantitative estimate of drug-likeness (QED) is 0.827. The molecule has 0 saturated heterocycles. The lowest BCUT2D eigenvalue weighted by molar-refractivity contribution is 0.0911. The van der Waals surface area contributed by atoms with Crippen LogP contribution in [0, 0.1) is 12.8 Å². The Kier molecular flexibility index (Phi) is 6.00. The van der Waals surface area contributed by atoms with Crippen molar-refractivity contribution in [1.82, 2.24) is 5.32 Å². The maximum absolute atomic E-state index is 13.1. The van der Waals surface area contributed by atoms with Gasteiger partial charge in [0.2, 0.25) is 0 Å². The number of sulfone groups is 1. The largest absolute Gasteiger partial charge is 0.345 e. The molecule has 4 nitrogen and oxygen atoms in total. The zero-order valence-electron chi connectivity index (χ0n) is 15.9. The van der Waals surface area contributed by atoms with E-state index in [1.165, 1.54) is 25.3 Å². The summed E-state index contributed by atoms with van der Waals surface area (Å²) in [5.41, 5.74) is 2.31. The summed E-state index contributed by atoms with van der Waals surface area (Å²) in [7, 11) is -3.36. The van der Waals surface area contributed by atoms with Crippen molar-refractivity contribution < 1.29 is 13.2 Å². The molecule has 1 unspecified atom stereocenters. The maximum Gasteiger partial charge on any atom is 0.252 e. The lowest BCUT2D eigenvalue weighted by atomic mass is 9.81. The molecular weight excluding hydrogens is 358 g/mol. The monoisotopic (exact) mass is 385 g/mol. The van der Waals surface area contributed by atoms with E-state index in [9.17, 15) is 13.2 Å². The van der Waals surface area contributed by atoms with Gasteiger partial charge >= 0.3 is 0 Å². The Balaban J connectivity index is 1.91. The van der Waals surface area contributed by atoms with Crippen LogP contribution in [0.3, 0.4) is 0 Å². The van der Waals surface area contributed by atoms with Crippen LogP contribution in [0.5, 0.6) is 0 Å². The number of amides is 1. The maximum atomic E-state index is 13.1. The Hall–Kier alpha value is -2.14. The minimum atomic E-state index is -3.36. The topological polar surface area (TPSA) is 63.2 Å². The number of benzene rings is 2. The van der Waals surface area contributed by atoms with E-state index in [-0.39, 0.29) is 16.8 Å². The molecule has 1 aliphatic rings. The fourth-order valence-corrected chi connectivity index (χ4v) is 4.54. The van der Waals surface area contributed by atoms with Gasteiger partial charge in [-0.3, -0.25) is 4.79 Å². The minimum absolute atomic E-state index is 0.0553. The van der Waals surface area contributed by atoms with Gasteiger partial charge in [0.25, 0.3) is 5.91 Å². The molecule has 3 rings (SSSR count). The number of hydrogen-bond acceptors (Lipinski definition) is 3. The van der Waals surface area contributed by atoms with Gasteiger partial charge in [0.05, 0.1) is 10.9 Å². The van der Waals surface area contributed by atoms with E-state index in [4.69, 9.17) is 0 Å². The highest BCUT2D eigenvalue weighted by molar-refractivity contribution is 7.90. The van der Waals surface area contributed by atoms with Crippen LogP contribution in [0.15, 0.2) is 53.4 Å². The second-order valence-corrected chi connectivity index (χ2v) is 9.52. The Bertz CT molecular complexity index is 900. The Morgan fingerprint density at radius 1 is 1.04 bits per heavy atom. The van der Waals surface area contributed by atoms with E-state index in [0.717, 1.165) is 30.2 Å². The lowest BCUT2D eigenvalue weighted by Crippen LogP contribution is -2.34. The van der Waals surface area contributed by atoms with Crippen LogP contribution < -0.4 is 5.32 Å². The third kappa shape index (κ3) is 4.78. The smallest absolute Gasteiger partial charge is 0.252 e. The third-order valence-corrected chi connectivity index (χ3v) is 6.56. The van der Waals surface area contributed by atoms with Gasteiger partial charge in [-0.25, -0.2) is 8.42 Å². The molecular formula is C22H27NO3S. The summed E-state index contributed by atoms with van der Waals surface area (Å²) in [4.78, 5) is 13.2. The van der Waals surface area contributed by atoms with E-state index < -0.39 is 9.84 Å². The van der Waals surface area contributed by atoms with Crippen LogP contribution >= 0.6 is 0 Å². The number of rotatable bonds is 5. The summed E-state index contributed by atoms with van der Waals surface area (Å²) in [5, 5.41) is 3.21. The molecule has 1 atom stereocenters. The first-order valence-electron chi connectivity index (χ1n) is 9.53. The molecule has 144 valence electrons. The predicted octanol–water partition coefficient (Wildman–Crippen LogP) is 4.45. The van der Waals surface area contributed by atoms with E-state index in [1.54, 1.807) is 12.1 Å². The molecule has 1 N–H and O–H groups in total. The fourth-order valence-electron chi connectivity index (χ4n) is 3.90. The van der Waals surface area contributed by atoms with Gasteiger partial charge in [0, 0.05) is 11.8 Å². The summed E-state index contributed by atoms with van der Waals surface area (Å²) in [6, 6.07) is 14.8. The third-order valence-electron chi connectivity index (χ3n) is 5.45. The Morgan fingerprint density at radius 2 is 1.70 bits per heavy atom. The molecule has 1 saturated carbocycles. The SMILES string of the molecule is Cc1ccc(S(C)(=O)=O)cc1C(=O)NC(c1ccccc1)C1CCCCC1. The summed E-state index contributed by atoms with van der Waals surface area (Å²) in [6.07, 6.45) is 6.99. The van der Waals surface area contributed by atoms with Crippen molar-refractivity contribution >= 4 is 15.7 Å². The zero-order chi connectivity index (χ0) is 19.4. The average Bonchev–Trinajstić information content (AvgIpc) is 2.66. The molecule has 2 aromatic carbocycles. The molecule has 2 aromatic rings. The van der Waals surface area contributed by atoms with Crippen LogP contribution in [0.4, 0.5) is 0 Å². The minimum Gasteiger partial charge on any atom is -0.345 e. The molecule has 5 heteroatoms. The van der Waals surface area contributed by atoms with Crippen molar-refractivity contribution in [3.8, 4) is 0 Å². The van der Waals surface area contributed by atoms with Crippen molar-refractivity contribution in [1.29, 1.82) is 0 Å². The summed E-state index contributed by atoms with van der Waals surface area (Å²) < 4.78 is 23.8.